The minimum atomic E-state index is 0.595. The highest BCUT2D eigenvalue weighted by atomic mass is 16.5. The topological polar surface area (TPSA) is 42.2 Å². The number of benzene rings is 3. The van der Waals surface area contributed by atoms with Gasteiger partial charge in [-0.3, -0.25) is 0 Å². The van der Waals surface area contributed by atoms with Gasteiger partial charge in [-0.2, -0.15) is 5.26 Å². The van der Waals surface area contributed by atoms with E-state index >= 15 is 0 Å². The van der Waals surface area contributed by atoms with E-state index in [-0.39, 0.29) is 0 Å². The van der Waals surface area contributed by atoms with Gasteiger partial charge in [-0.1, -0.05) is 12.1 Å². The number of methoxy groups -OCH3 is 1. The molecule has 0 unspecified atom stereocenters. The summed E-state index contributed by atoms with van der Waals surface area (Å²) in [5, 5.41) is 11.1. The second-order valence-electron chi connectivity index (χ2n) is 4.92. The van der Waals surface area contributed by atoms with Crippen molar-refractivity contribution in [2.45, 2.75) is 0 Å². The van der Waals surface area contributed by atoms with Gasteiger partial charge >= 0.3 is 0 Å². The van der Waals surface area contributed by atoms with Gasteiger partial charge in [0.2, 0.25) is 0 Å². The molecule has 0 bridgehead atoms. The first kappa shape index (κ1) is 11.8. The minimum Gasteiger partial charge on any atom is -0.496 e. The average Bonchev–Trinajstić information content (AvgIpc) is 2.54. The standard InChI is InChI=1S/C18H11NO2/c1-20-15-8-7-13-12-6-5-11(10-19)9-17(12)21-16-4-2-3-14(15)18(13)16/h2-9H,1H3. The molecular weight excluding hydrogens is 262 g/mol. The SMILES string of the molecule is COc1ccc2c3c(cccc13)Oc1cc(C#N)ccc1-2. The van der Waals surface area contributed by atoms with Crippen LogP contribution in [-0.4, -0.2) is 7.11 Å². The van der Waals surface area contributed by atoms with E-state index in [1.807, 2.05) is 42.5 Å². The maximum absolute atomic E-state index is 9.03. The first-order chi connectivity index (χ1) is 10.3. The highest BCUT2D eigenvalue weighted by Gasteiger charge is 2.21. The molecule has 4 rings (SSSR count). The smallest absolute Gasteiger partial charge is 0.136 e. The fourth-order valence-corrected chi connectivity index (χ4v) is 2.85. The van der Waals surface area contributed by atoms with Gasteiger partial charge in [0.05, 0.1) is 18.7 Å². The van der Waals surface area contributed by atoms with E-state index in [0.717, 1.165) is 39.1 Å². The molecule has 0 aliphatic carbocycles. The summed E-state index contributed by atoms with van der Waals surface area (Å²) in [7, 11) is 1.67. The van der Waals surface area contributed by atoms with Crippen LogP contribution in [0.1, 0.15) is 5.56 Å². The van der Waals surface area contributed by atoms with E-state index in [1.54, 1.807) is 13.2 Å². The molecule has 21 heavy (non-hydrogen) atoms. The summed E-state index contributed by atoms with van der Waals surface area (Å²) in [6, 6.07) is 17.6. The van der Waals surface area contributed by atoms with Gasteiger partial charge in [-0.15, -0.1) is 0 Å². The van der Waals surface area contributed by atoms with E-state index in [9.17, 15) is 0 Å². The van der Waals surface area contributed by atoms with Gasteiger partial charge < -0.3 is 9.47 Å². The van der Waals surface area contributed by atoms with Crippen LogP contribution in [0.25, 0.3) is 21.9 Å². The van der Waals surface area contributed by atoms with Crippen LogP contribution in [-0.2, 0) is 0 Å². The van der Waals surface area contributed by atoms with Crippen molar-refractivity contribution >= 4 is 10.8 Å². The molecule has 3 nitrogen and oxygen atoms in total. The van der Waals surface area contributed by atoms with Crippen molar-refractivity contribution in [3.63, 3.8) is 0 Å². The third kappa shape index (κ3) is 1.60. The molecule has 3 aromatic rings. The molecule has 0 saturated heterocycles. The van der Waals surface area contributed by atoms with Crippen molar-refractivity contribution in [3.05, 3.63) is 54.1 Å². The Labute approximate surface area is 122 Å². The Kier molecular flexibility index (Phi) is 2.39. The second-order valence-corrected chi connectivity index (χ2v) is 4.92. The number of hydrogen-bond acceptors (Lipinski definition) is 3. The lowest BCUT2D eigenvalue weighted by atomic mass is 9.93. The van der Waals surface area contributed by atoms with Crippen LogP contribution < -0.4 is 9.47 Å². The van der Waals surface area contributed by atoms with Crippen LogP contribution in [0.3, 0.4) is 0 Å². The minimum absolute atomic E-state index is 0.595. The number of nitrogens with zero attached hydrogens (tertiary/aromatic N) is 1. The molecule has 0 spiro atoms. The highest BCUT2D eigenvalue weighted by molar-refractivity contribution is 6.06. The monoisotopic (exact) mass is 273 g/mol. The predicted octanol–water partition coefficient (Wildman–Crippen LogP) is 4.49. The van der Waals surface area contributed by atoms with Crippen LogP contribution in [0.4, 0.5) is 0 Å². The zero-order valence-electron chi connectivity index (χ0n) is 11.4. The molecule has 100 valence electrons. The zero-order valence-corrected chi connectivity index (χ0v) is 11.4. The number of rotatable bonds is 1. The Morgan fingerprint density at radius 3 is 2.67 bits per heavy atom. The lowest BCUT2D eigenvalue weighted by Gasteiger charge is -2.22. The Balaban J connectivity index is 2.10. The first-order valence-corrected chi connectivity index (χ1v) is 6.64. The highest BCUT2D eigenvalue weighted by Crippen LogP contribution is 2.48. The summed E-state index contributed by atoms with van der Waals surface area (Å²) in [5.41, 5.74) is 2.70. The molecule has 1 aliphatic rings. The van der Waals surface area contributed by atoms with Crippen LogP contribution in [0.5, 0.6) is 17.2 Å². The van der Waals surface area contributed by atoms with Gasteiger partial charge in [0, 0.05) is 16.3 Å². The lowest BCUT2D eigenvalue weighted by molar-refractivity contribution is 0.419. The van der Waals surface area contributed by atoms with Gasteiger partial charge in [0.25, 0.3) is 0 Å². The lowest BCUT2D eigenvalue weighted by Crippen LogP contribution is -1.98. The van der Waals surface area contributed by atoms with E-state index in [1.165, 1.54) is 0 Å². The molecule has 3 heteroatoms. The predicted molar refractivity (Wildman–Crippen MR) is 80.7 cm³/mol. The Bertz CT molecular complexity index is 922. The van der Waals surface area contributed by atoms with Crippen molar-refractivity contribution < 1.29 is 9.47 Å². The summed E-state index contributed by atoms with van der Waals surface area (Å²) in [6.45, 7) is 0. The molecule has 3 aromatic carbocycles. The number of ether oxygens (including phenoxy) is 2. The largest absolute Gasteiger partial charge is 0.496 e. The summed E-state index contributed by atoms with van der Waals surface area (Å²) >= 11 is 0. The van der Waals surface area contributed by atoms with Crippen LogP contribution >= 0.6 is 0 Å². The number of fused-ring (bicyclic) bond motifs is 2. The molecule has 0 saturated carbocycles. The third-order valence-electron chi connectivity index (χ3n) is 3.80. The Morgan fingerprint density at radius 1 is 1.00 bits per heavy atom. The maximum Gasteiger partial charge on any atom is 0.136 e. The summed E-state index contributed by atoms with van der Waals surface area (Å²) in [5.74, 6) is 2.35. The third-order valence-corrected chi connectivity index (χ3v) is 3.80. The Morgan fingerprint density at radius 2 is 1.86 bits per heavy atom. The summed E-state index contributed by atoms with van der Waals surface area (Å²) in [6.07, 6.45) is 0. The van der Waals surface area contributed by atoms with E-state index < -0.39 is 0 Å². The van der Waals surface area contributed by atoms with E-state index in [2.05, 4.69) is 6.07 Å². The van der Waals surface area contributed by atoms with Crippen molar-refractivity contribution in [1.82, 2.24) is 0 Å². The van der Waals surface area contributed by atoms with Gasteiger partial charge in [0.15, 0.2) is 0 Å². The molecule has 0 radical (unpaired) electrons. The fraction of sp³-hybridized carbons (Fsp3) is 0.0556. The molecule has 1 heterocycles. The summed E-state index contributed by atoms with van der Waals surface area (Å²) in [4.78, 5) is 0. The molecule has 0 fully saturated rings. The second kappa shape index (κ2) is 4.26. The van der Waals surface area contributed by atoms with E-state index in [0.29, 0.717) is 5.56 Å². The fourth-order valence-electron chi connectivity index (χ4n) is 2.85. The molecule has 0 N–H and O–H groups in total. The van der Waals surface area contributed by atoms with Gasteiger partial charge in [-0.25, -0.2) is 0 Å². The maximum atomic E-state index is 9.03. The van der Waals surface area contributed by atoms with Crippen molar-refractivity contribution in [2.75, 3.05) is 7.11 Å². The van der Waals surface area contributed by atoms with Crippen LogP contribution in [0, 0.1) is 11.3 Å². The summed E-state index contributed by atoms with van der Waals surface area (Å²) < 4.78 is 11.4. The molecule has 0 amide bonds. The van der Waals surface area contributed by atoms with Gasteiger partial charge in [0.1, 0.15) is 17.2 Å². The molecule has 0 atom stereocenters. The zero-order chi connectivity index (χ0) is 14.4. The quantitative estimate of drug-likeness (QED) is 0.513. The Hall–Kier alpha value is -2.99. The van der Waals surface area contributed by atoms with Gasteiger partial charge in [-0.05, 0) is 42.0 Å². The van der Waals surface area contributed by atoms with Crippen molar-refractivity contribution in [2.24, 2.45) is 0 Å². The average molecular weight is 273 g/mol. The number of nitriles is 1. The van der Waals surface area contributed by atoms with Crippen LogP contribution in [0.2, 0.25) is 0 Å². The molecular formula is C18H11NO2. The molecule has 1 aliphatic heterocycles. The van der Waals surface area contributed by atoms with Crippen molar-refractivity contribution in [3.8, 4) is 34.4 Å². The number of hydrogen-bond donors (Lipinski definition) is 0. The van der Waals surface area contributed by atoms with Crippen LogP contribution in [0.15, 0.2) is 48.5 Å². The normalized spacial score (nSPS) is 11.4. The van der Waals surface area contributed by atoms with Crippen molar-refractivity contribution in [1.29, 1.82) is 5.26 Å². The van der Waals surface area contributed by atoms with E-state index in [4.69, 9.17) is 14.7 Å². The molecule has 0 aromatic heterocycles. The first-order valence-electron chi connectivity index (χ1n) is 6.64.